The molecule has 0 radical (unpaired) electrons. The molecule has 7 nitrogen and oxygen atoms in total. The first kappa shape index (κ1) is 26.4. The zero-order valence-electron chi connectivity index (χ0n) is 22.2. The number of nitrogens with two attached hydrogens (primary N) is 1. The van der Waals surface area contributed by atoms with E-state index in [1.165, 1.54) is 25.7 Å². The molecule has 1 aliphatic heterocycles. The van der Waals surface area contributed by atoms with E-state index in [9.17, 15) is 9.59 Å². The highest BCUT2D eigenvalue weighted by atomic mass is 35.5. The summed E-state index contributed by atoms with van der Waals surface area (Å²) < 4.78 is 10.5. The molecule has 3 aliphatic rings. The molecule has 3 aromatic rings. The summed E-state index contributed by atoms with van der Waals surface area (Å²) in [4.78, 5) is 24.9. The van der Waals surface area contributed by atoms with Gasteiger partial charge in [0.1, 0.15) is 6.61 Å². The quantitative estimate of drug-likeness (QED) is 0.276. The van der Waals surface area contributed by atoms with E-state index in [0.29, 0.717) is 28.1 Å². The molecule has 206 valence electrons. The number of fused-ring (bicyclic) bond motifs is 3. The molecule has 2 N–H and O–H groups in total. The molecule has 40 heavy (non-hydrogen) atoms. The molecule has 0 amide bonds. The molecule has 0 spiro atoms. The lowest BCUT2D eigenvalue weighted by Gasteiger charge is -2.34. The average Bonchev–Trinajstić information content (AvgIpc) is 3.64. The van der Waals surface area contributed by atoms with Crippen molar-refractivity contribution in [1.29, 1.82) is 0 Å². The Balaban J connectivity index is 1.18. The van der Waals surface area contributed by atoms with Crippen molar-refractivity contribution in [2.75, 3.05) is 17.3 Å². The summed E-state index contributed by atoms with van der Waals surface area (Å²) in [5.74, 6) is -0.250. The van der Waals surface area contributed by atoms with Gasteiger partial charge in [-0.2, -0.15) is 5.10 Å². The minimum absolute atomic E-state index is 0.140. The Hall–Kier alpha value is -3.84. The molecular formula is C32H32ClN3O4. The van der Waals surface area contributed by atoms with Crippen molar-refractivity contribution in [3.63, 3.8) is 0 Å². The topological polar surface area (TPSA) is 94.2 Å². The number of rotatable bonds is 7. The van der Waals surface area contributed by atoms with Crippen LogP contribution in [-0.4, -0.2) is 30.3 Å². The number of nitrogen functional groups attached to an aromatic ring is 1. The van der Waals surface area contributed by atoms with Gasteiger partial charge >= 0.3 is 11.9 Å². The van der Waals surface area contributed by atoms with Crippen LogP contribution in [0.15, 0.2) is 71.8 Å². The number of nitrogens with zero attached hydrogens (tertiary/aromatic N) is 2. The number of esters is 2. The first-order valence-electron chi connectivity index (χ1n) is 13.9. The lowest BCUT2D eigenvalue weighted by Crippen LogP contribution is -2.40. The molecule has 8 heteroatoms. The fraction of sp³-hybridized carbons (Fsp3) is 0.344. The summed E-state index contributed by atoms with van der Waals surface area (Å²) in [6, 6.07) is 21.0. The van der Waals surface area contributed by atoms with Crippen LogP contribution in [-0.2, 0) is 27.3 Å². The summed E-state index contributed by atoms with van der Waals surface area (Å²) in [5.41, 5.74) is 12.0. The van der Waals surface area contributed by atoms with E-state index in [0.717, 1.165) is 40.9 Å². The average molecular weight is 558 g/mol. The molecule has 0 aromatic heterocycles. The monoisotopic (exact) mass is 557 g/mol. The summed E-state index contributed by atoms with van der Waals surface area (Å²) in [5, 5.41) is 7.87. The van der Waals surface area contributed by atoms with Gasteiger partial charge in [0.15, 0.2) is 6.61 Å². The van der Waals surface area contributed by atoms with Gasteiger partial charge in [0.25, 0.3) is 0 Å². The lowest BCUT2D eigenvalue weighted by atomic mass is 9.75. The minimum atomic E-state index is -0.584. The Morgan fingerprint density at radius 2 is 1.77 bits per heavy atom. The zero-order valence-corrected chi connectivity index (χ0v) is 23.0. The van der Waals surface area contributed by atoms with Crippen molar-refractivity contribution in [3.05, 3.63) is 94.0 Å². The van der Waals surface area contributed by atoms with Crippen LogP contribution in [0, 0.1) is 11.8 Å². The third-order valence-electron chi connectivity index (χ3n) is 8.30. The molecule has 1 fully saturated rings. The van der Waals surface area contributed by atoms with Crippen LogP contribution in [0.3, 0.4) is 0 Å². The third kappa shape index (κ3) is 5.30. The van der Waals surface area contributed by atoms with Crippen molar-refractivity contribution < 1.29 is 19.1 Å². The largest absolute Gasteiger partial charge is 0.458 e. The summed E-state index contributed by atoms with van der Waals surface area (Å²) >= 11 is 6.40. The Morgan fingerprint density at radius 1 is 0.975 bits per heavy atom. The predicted molar refractivity (Wildman–Crippen MR) is 155 cm³/mol. The number of hydrazone groups is 1. The maximum atomic E-state index is 12.8. The van der Waals surface area contributed by atoms with E-state index in [1.54, 1.807) is 6.07 Å². The maximum Gasteiger partial charge on any atom is 0.344 e. The van der Waals surface area contributed by atoms with Gasteiger partial charge in [-0.05, 0) is 73.1 Å². The molecule has 2 aliphatic carbocycles. The van der Waals surface area contributed by atoms with Gasteiger partial charge in [0.2, 0.25) is 0 Å². The van der Waals surface area contributed by atoms with E-state index in [1.807, 2.05) is 60.7 Å². The van der Waals surface area contributed by atoms with Crippen LogP contribution in [0.5, 0.6) is 0 Å². The number of benzene rings is 3. The number of hydrogen-bond donors (Lipinski definition) is 1. The van der Waals surface area contributed by atoms with E-state index >= 15 is 0 Å². The smallest absolute Gasteiger partial charge is 0.344 e. The second kappa shape index (κ2) is 11.3. The number of hydrogen-bond acceptors (Lipinski definition) is 7. The minimum Gasteiger partial charge on any atom is -0.458 e. The SMILES string of the molecule is Nc1ccc(N2N=C3c4ccc(C(=O)OCC(=O)OCc5ccccc5)cc4CCC3C2C2CCCC2)cc1Cl. The molecule has 1 heterocycles. The van der Waals surface area contributed by atoms with Gasteiger partial charge in [-0.3, -0.25) is 5.01 Å². The van der Waals surface area contributed by atoms with Crippen molar-refractivity contribution in [2.45, 2.75) is 51.2 Å². The Kier molecular flexibility index (Phi) is 7.48. The second-order valence-electron chi connectivity index (χ2n) is 10.8. The van der Waals surface area contributed by atoms with E-state index in [-0.39, 0.29) is 12.6 Å². The van der Waals surface area contributed by atoms with Crippen LogP contribution < -0.4 is 10.7 Å². The van der Waals surface area contributed by atoms with Crippen LogP contribution in [0.25, 0.3) is 0 Å². The van der Waals surface area contributed by atoms with Crippen LogP contribution in [0.4, 0.5) is 11.4 Å². The number of anilines is 2. The molecule has 1 saturated carbocycles. The van der Waals surface area contributed by atoms with Gasteiger partial charge in [-0.15, -0.1) is 0 Å². The fourth-order valence-corrected chi connectivity index (χ4v) is 6.52. The summed E-state index contributed by atoms with van der Waals surface area (Å²) in [6.07, 6.45) is 6.71. The highest BCUT2D eigenvalue weighted by Crippen LogP contribution is 2.45. The predicted octanol–water partition coefficient (Wildman–Crippen LogP) is 6.17. The number of carbonyl (C=O) groups is 2. The van der Waals surface area contributed by atoms with Crippen LogP contribution in [0.2, 0.25) is 5.02 Å². The molecular weight excluding hydrogens is 526 g/mol. The van der Waals surface area contributed by atoms with Gasteiger partial charge < -0.3 is 15.2 Å². The standard InChI is InChI=1S/C32H32ClN3O4/c33-27-17-24(12-15-28(27)34)36-31(21-8-4-5-9-21)26-14-10-22-16-23(11-13-25(22)30(26)35-36)32(38)40-19-29(37)39-18-20-6-2-1-3-7-20/h1-3,6-7,11-13,15-17,21,26,31H,4-5,8-10,14,18-19,34H2. The Morgan fingerprint density at radius 3 is 2.55 bits per heavy atom. The van der Waals surface area contributed by atoms with Gasteiger partial charge in [-0.25, -0.2) is 9.59 Å². The fourth-order valence-electron chi connectivity index (χ4n) is 6.34. The number of halogens is 1. The molecule has 2 unspecified atom stereocenters. The molecule has 3 aromatic carbocycles. The maximum absolute atomic E-state index is 12.8. The zero-order chi connectivity index (χ0) is 27.6. The number of aryl methyl sites for hydroxylation is 1. The number of ether oxygens (including phenoxy) is 2. The van der Waals surface area contributed by atoms with Gasteiger partial charge in [-0.1, -0.05) is 60.8 Å². The van der Waals surface area contributed by atoms with E-state index in [4.69, 9.17) is 31.9 Å². The van der Waals surface area contributed by atoms with Gasteiger partial charge in [0.05, 0.1) is 33.7 Å². The Labute approximate surface area is 238 Å². The first-order valence-corrected chi connectivity index (χ1v) is 14.3. The summed E-state index contributed by atoms with van der Waals surface area (Å²) in [7, 11) is 0. The van der Waals surface area contributed by atoms with Crippen molar-refractivity contribution >= 4 is 40.6 Å². The van der Waals surface area contributed by atoms with Crippen molar-refractivity contribution in [3.8, 4) is 0 Å². The summed E-state index contributed by atoms with van der Waals surface area (Å²) in [6.45, 7) is -0.291. The normalized spacial score (nSPS) is 20.0. The highest BCUT2D eigenvalue weighted by Gasteiger charge is 2.45. The second-order valence-corrected chi connectivity index (χ2v) is 11.2. The Bertz CT molecular complexity index is 1450. The third-order valence-corrected chi connectivity index (χ3v) is 8.63. The first-order chi connectivity index (χ1) is 19.5. The molecule has 0 bridgehead atoms. The lowest BCUT2D eigenvalue weighted by molar-refractivity contribution is -0.148. The molecule has 0 saturated heterocycles. The van der Waals surface area contributed by atoms with Crippen LogP contribution >= 0.6 is 11.6 Å². The highest BCUT2D eigenvalue weighted by molar-refractivity contribution is 6.33. The molecule has 6 rings (SSSR count). The van der Waals surface area contributed by atoms with Crippen molar-refractivity contribution in [2.24, 2.45) is 16.9 Å². The molecule has 2 atom stereocenters. The van der Waals surface area contributed by atoms with Crippen LogP contribution in [0.1, 0.15) is 59.2 Å². The number of carbonyl (C=O) groups excluding carboxylic acids is 2. The van der Waals surface area contributed by atoms with Crippen molar-refractivity contribution in [1.82, 2.24) is 0 Å². The van der Waals surface area contributed by atoms with E-state index in [2.05, 4.69) is 5.01 Å². The van der Waals surface area contributed by atoms with Gasteiger partial charge in [0, 0.05) is 11.5 Å². The van der Waals surface area contributed by atoms with E-state index < -0.39 is 18.5 Å².